The molecule has 0 saturated heterocycles. The zero-order valence-electron chi connectivity index (χ0n) is 7.22. The van der Waals surface area contributed by atoms with E-state index in [0.29, 0.717) is 18.9 Å². The van der Waals surface area contributed by atoms with Crippen LogP contribution in [-0.4, -0.2) is 19.1 Å². The number of hydrogen-bond donors (Lipinski definition) is 1. The van der Waals surface area contributed by atoms with Crippen LogP contribution in [0.15, 0.2) is 24.0 Å². The topological polar surface area (TPSA) is 38.3 Å². The summed E-state index contributed by atoms with van der Waals surface area (Å²) in [6.07, 6.45) is 2.63. The largest absolute Gasteiger partial charge is 0.488 e. The fourth-order valence-corrected chi connectivity index (χ4v) is 0.894. The van der Waals surface area contributed by atoms with Gasteiger partial charge < -0.3 is 10.1 Å². The first-order valence-corrected chi connectivity index (χ1v) is 3.95. The number of ether oxygens (including phenoxy) is 1. The number of rotatable bonds is 3. The second kappa shape index (κ2) is 3.95. The molecule has 0 aromatic heterocycles. The zero-order chi connectivity index (χ0) is 8.97. The van der Waals surface area contributed by atoms with E-state index >= 15 is 0 Å². The third-order valence-electron chi connectivity index (χ3n) is 1.48. The van der Waals surface area contributed by atoms with Crippen LogP contribution in [0.5, 0.6) is 0 Å². The van der Waals surface area contributed by atoms with E-state index < -0.39 is 0 Å². The molecule has 1 heterocycles. The molecule has 1 aliphatic rings. The Labute approximate surface area is 72.1 Å². The summed E-state index contributed by atoms with van der Waals surface area (Å²) in [6.45, 7) is 6.68. The highest BCUT2D eigenvalue weighted by Gasteiger charge is 2.13. The summed E-state index contributed by atoms with van der Waals surface area (Å²) in [5.41, 5.74) is 0.932. The summed E-state index contributed by atoms with van der Waals surface area (Å²) >= 11 is 0. The Morgan fingerprint density at radius 2 is 2.58 bits per heavy atom. The van der Waals surface area contributed by atoms with Crippen molar-refractivity contribution < 1.29 is 9.53 Å². The van der Waals surface area contributed by atoms with Crippen molar-refractivity contribution in [3.63, 3.8) is 0 Å². The van der Waals surface area contributed by atoms with Crippen LogP contribution in [0.1, 0.15) is 13.3 Å². The molecule has 3 heteroatoms. The second-order valence-corrected chi connectivity index (χ2v) is 2.85. The summed E-state index contributed by atoms with van der Waals surface area (Å²) in [6, 6.07) is 0. The fourth-order valence-electron chi connectivity index (χ4n) is 0.894. The average Bonchev–Trinajstić information content (AvgIpc) is 2.51. The zero-order valence-corrected chi connectivity index (χ0v) is 7.22. The number of carbonyl (C=O) groups excluding carboxylic acids is 1. The van der Waals surface area contributed by atoms with Crippen LogP contribution in [0.4, 0.5) is 0 Å². The smallest absolute Gasteiger partial charge is 0.286 e. The van der Waals surface area contributed by atoms with E-state index in [1.165, 1.54) is 0 Å². The summed E-state index contributed by atoms with van der Waals surface area (Å²) in [5, 5.41) is 2.69. The molecule has 1 aliphatic heterocycles. The minimum Gasteiger partial charge on any atom is -0.488 e. The molecular weight excluding hydrogens is 154 g/mol. The van der Waals surface area contributed by atoms with Gasteiger partial charge in [-0.15, -0.1) is 0 Å². The molecule has 0 fully saturated rings. The van der Waals surface area contributed by atoms with Gasteiger partial charge in [0, 0.05) is 13.0 Å². The Morgan fingerprint density at radius 1 is 1.83 bits per heavy atom. The summed E-state index contributed by atoms with van der Waals surface area (Å²) in [4.78, 5) is 11.2. The molecule has 12 heavy (non-hydrogen) atoms. The van der Waals surface area contributed by atoms with Crippen LogP contribution in [0.2, 0.25) is 0 Å². The second-order valence-electron chi connectivity index (χ2n) is 2.85. The van der Waals surface area contributed by atoms with Gasteiger partial charge in [0.1, 0.15) is 0 Å². The Bertz CT molecular complexity index is 231. The van der Waals surface area contributed by atoms with Gasteiger partial charge in [-0.25, -0.2) is 0 Å². The molecule has 1 N–H and O–H groups in total. The van der Waals surface area contributed by atoms with Crippen LogP contribution >= 0.6 is 0 Å². The molecule has 0 radical (unpaired) electrons. The summed E-state index contributed by atoms with van der Waals surface area (Å²) < 4.78 is 5.07. The number of nitrogens with one attached hydrogen (secondary N) is 1. The van der Waals surface area contributed by atoms with Crippen molar-refractivity contribution in [3.05, 3.63) is 24.0 Å². The van der Waals surface area contributed by atoms with Crippen molar-refractivity contribution in [1.82, 2.24) is 5.32 Å². The molecule has 1 rings (SSSR count). The van der Waals surface area contributed by atoms with Gasteiger partial charge in [-0.1, -0.05) is 12.2 Å². The Hall–Kier alpha value is -1.25. The van der Waals surface area contributed by atoms with E-state index in [9.17, 15) is 4.79 Å². The lowest BCUT2D eigenvalue weighted by Gasteiger charge is -2.04. The maximum atomic E-state index is 11.2. The fraction of sp³-hybridized carbons (Fsp3) is 0.444. The molecule has 3 nitrogen and oxygen atoms in total. The van der Waals surface area contributed by atoms with Crippen molar-refractivity contribution in [3.8, 4) is 0 Å². The van der Waals surface area contributed by atoms with Crippen LogP contribution in [0, 0.1) is 0 Å². The third kappa shape index (κ3) is 2.42. The first kappa shape index (κ1) is 8.84. The predicted octanol–water partition coefficient (Wildman–Crippen LogP) is 0.983. The highest BCUT2D eigenvalue weighted by molar-refractivity contribution is 5.91. The molecule has 0 atom stereocenters. The van der Waals surface area contributed by atoms with Crippen molar-refractivity contribution in [2.75, 3.05) is 13.2 Å². The van der Waals surface area contributed by atoms with Gasteiger partial charge >= 0.3 is 0 Å². The monoisotopic (exact) mass is 167 g/mol. The summed E-state index contributed by atoms with van der Waals surface area (Å²) in [7, 11) is 0. The minimum atomic E-state index is -0.143. The maximum Gasteiger partial charge on any atom is 0.286 e. The van der Waals surface area contributed by atoms with E-state index in [4.69, 9.17) is 4.74 Å². The van der Waals surface area contributed by atoms with Gasteiger partial charge in [-0.05, 0) is 13.0 Å². The van der Waals surface area contributed by atoms with Crippen LogP contribution < -0.4 is 5.32 Å². The standard InChI is InChI=1S/C9H13NO2/c1-7(2)6-10-9(11)8-4-3-5-12-8/h4H,1,3,5-6H2,2H3,(H,10,11). The van der Waals surface area contributed by atoms with Crippen LogP contribution in [0.3, 0.4) is 0 Å². The SMILES string of the molecule is C=C(C)CNC(=O)C1=CCCO1. The van der Waals surface area contributed by atoms with Gasteiger partial charge in [0.05, 0.1) is 6.61 Å². The molecule has 0 bridgehead atoms. The van der Waals surface area contributed by atoms with Gasteiger partial charge in [0.15, 0.2) is 5.76 Å². The molecule has 0 aromatic carbocycles. The third-order valence-corrected chi connectivity index (χ3v) is 1.48. The molecule has 1 amide bonds. The number of carbonyl (C=O) groups is 1. The number of amides is 1. The Balaban J connectivity index is 2.33. The van der Waals surface area contributed by atoms with Crippen molar-refractivity contribution in [2.45, 2.75) is 13.3 Å². The van der Waals surface area contributed by atoms with Crippen molar-refractivity contribution >= 4 is 5.91 Å². The van der Waals surface area contributed by atoms with E-state index in [-0.39, 0.29) is 5.91 Å². The lowest BCUT2D eigenvalue weighted by atomic mass is 10.3. The first-order valence-electron chi connectivity index (χ1n) is 3.95. The van der Waals surface area contributed by atoms with Gasteiger partial charge in [0.25, 0.3) is 5.91 Å². The lowest BCUT2D eigenvalue weighted by molar-refractivity contribution is -0.120. The molecular formula is C9H13NO2. The Kier molecular flexibility index (Phi) is 2.91. The molecule has 0 spiro atoms. The van der Waals surface area contributed by atoms with E-state index in [2.05, 4.69) is 11.9 Å². The molecule has 0 saturated carbocycles. The van der Waals surface area contributed by atoms with E-state index in [1.54, 1.807) is 6.08 Å². The quantitative estimate of drug-likeness (QED) is 0.636. The van der Waals surface area contributed by atoms with Crippen LogP contribution in [0.25, 0.3) is 0 Å². The molecule has 0 aromatic rings. The Morgan fingerprint density at radius 3 is 3.08 bits per heavy atom. The van der Waals surface area contributed by atoms with E-state index in [0.717, 1.165) is 12.0 Å². The predicted molar refractivity (Wildman–Crippen MR) is 46.5 cm³/mol. The average molecular weight is 167 g/mol. The maximum absolute atomic E-state index is 11.2. The first-order chi connectivity index (χ1) is 5.70. The minimum absolute atomic E-state index is 0.143. The summed E-state index contributed by atoms with van der Waals surface area (Å²) in [5.74, 6) is 0.298. The van der Waals surface area contributed by atoms with Gasteiger partial charge in [0.2, 0.25) is 0 Å². The van der Waals surface area contributed by atoms with Gasteiger partial charge in [-0.3, -0.25) is 4.79 Å². The highest BCUT2D eigenvalue weighted by Crippen LogP contribution is 2.08. The van der Waals surface area contributed by atoms with Gasteiger partial charge in [-0.2, -0.15) is 0 Å². The highest BCUT2D eigenvalue weighted by atomic mass is 16.5. The number of hydrogen-bond acceptors (Lipinski definition) is 2. The van der Waals surface area contributed by atoms with Crippen molar-refractivity contribution in [1.29, 1.82) is 0 Å². The lowest BCUT2D eigenvalue weighted by Crippen LogP contribution is -2.26. The molecule has 0 unspecified atom stereocenters. The molecule has 66 valence electrons. The van der Waals surface area contributed by atoms with Crippen LogP contribution in [-0.2, 0) is 9.53 Å². The van der Waals surface area contributed by atoms with Crippen molar-refractivity contribution in [2.24, 2.45) is 0 Å². The molecule has 0 aliphatic carbocycles. The normalized spacial score (nSPS) is 14.9. The van der Waals surface area contributed by atoms with E-state index in [1.807, 2.05) is 6.92 Å².